The van der Waals surface area contributed by atoms with E-state index in [2.05, 4.69) is 5.32 Å². The average Bonchev–Trinajstić information content (AvgIpc) is 2.38. The monoisotopic (exact) mass is 316 g/mol. The number of halogens is 2. The van der Waals surface area contributed by atoms with Crippen molar-refractivity contribution in [2.45, 2.75) is 38.8 Å². The van der Waals surface area contributed by atoms with E-state index in [9.17, 15) is 9.18 Å². The molecule has 1 amide bonds. The van der Waals surface area contributed by atoms with E-state index in [-0.39, 0.29) is 24.4 Å². The number of nitrogens with one attached hydrogen (secondary N) is 1. The van der Waals surface area contributed by atoms with Crippen molar-refractivity contribution in [1.82, 2.24) is 0 Å². The van der Waals surface area contributed by atoms with Gasteiger partial charge in [-0.1, -0.05) is 19.9 Å². The number of nitrogens with two attached hydrogens (primary N) is 1. The minimum absolute atomic E-state index is 0. The van der Waals surface area contributed by atoms with E-state index in [0.717, 1.165) is 0 Å². The highest BCUT2D eigenvalue weighted by Crippen LogP contribution is 2.50. The van der Waals surface area contributed by atoms with Crippen LogP contribution in [0, 0.1) is 11.2 Å². The van der Waals surface area contributed by atoms with Crippen molar-refractivity contribution in [3.8, 4) is 0 Å². The van der Waals surface area contributed by atoms with Gasteiger partial charge in [0.05, 0.1) is 6.10 Å². The molecule has 0 spiro atoms. The van der Waals surface area contributed by atoms with Crippen LogP contribution >= 0.6 is 12.4 Å². The van der Waals surface area contributed by atoms with Gasteiger partial charge in [-0.3, -0.25) is 4.79 Å². The van der Waals surface area contributed by atoms with Gasteiger partial charge in [0.1, 0.15) is 11.4 Å². The summed E-state index contributed by atoms with van der Waals surface area (Å²) in [5, 5.41) is 2.68. The Bertz CT molecular complexity index is 524. The number of hydrogen-bond donors (Lipinski definition) is 2. The lowest BCUT2D eigenvalue weighted by atomic mass is 9.54. The molecular weight excluding hydrogens is 295 g/mol. The van der Waals surface area contributed by atoms with Crippen molar-refractivity contribution in [2.75, 3.05) is 11.9 Å². The van der Waals surface area contributed by atoms with E-state index in [1.807, 2.05) is 20.8 Å². The number of carbonyl (C=O) groups is 1. The molecule has 1 saturated carbocycles. The zero-order valence-electron chi connectivity index (χ0n) is 12.5. The fourth-order valence-electron chi connectivity index (χ4n) is 2.63. The summed E-state index contributed by atoms with van der Waals surface area (Å²) < 4.78 is 18.7. The molecule has 6 heteroatoms. The van der Waals surface area contributed by atoms with Crippen molar-refractivity contribution >= 4 is 24.0 Å². The van der Waals surface area contributed by atoms with Gasteiger partial charge in [0.2, 0.25) is 5.91 Å². The average molecular weight is 317 g/mol. The number of hydrogen-bond acceptors (Lipinski definition) is 3. The van der Waals surface area contributed by atoms with Gasteiger partial charge in [0.25, 0.3) is 0 Å². The molecule has 1 aliphatic rings. The van der Waals surface area contributed by atoms with Gasteiger partial charge in [0.15, 0.2) is 0 Å². The van der Waals surface area contributed by atoms with Crippen molar-refractivity contribution in [1.29, 1.82) is 0 Å². The molecule has 1 aromatic rings. The van der Waals surface area contributed by atoms with E-state index >= 15 is 0 Å². The fraction of sp³-hybridized carbons (Fsp3) is 0.533. The maximum absolute atomic E-state index is 13.1. The SMILES string of the molecule is CCOC1CC(N)(C(=O)Nc2cccc(F)c2)C1(C)C.Cl. The smallest absolute Gasteiger partial charge is 0.245 e. The molecule has 1 aromatic carbocycles. The lowest BCUT2D eigenvalue weighted by molar-refractivity contribution is -0.166. The van der Waals surface area contributed by atoms with E-state index in [1.165, 1.54) is 12.1 Å². The summed E-state index contributed by atoms with van der Waals surface area (Å²) in [7, 11) is 0. The van der Waals surface area contributed by atoms with Gasteiger partial charge in [0, 0.05) is 24.1 Å². The van der Waals surface area contributed by atoms with Crippen molar-refractivity contribution in [3.05, 3.63) is 30.1 Å². The number of carbonyl (C=O) groups excluding carboxylic acids is 1. The van der Waals surface area contributed by atoms with Gasteiger partial charge >= 0.3 is 0 Å². The Morgan fingerprint density at radius 3 is 2.71 bits per heavy atom. The first-order valence-corrected chi connectivity index (χ1v) is 6.79. The quantitative estimate of drug-likeness (QED) is 0.897. The Balaban J connectivity index is 0.00000220. The first kappa shape index (κ1) is 17.9. The highest BCUT2D eigenvalue weighted by atomic mass is 35.5. The Hall–Kier alpha value is -1.17. The topological polar surface area (TPSA) is 64.3 Å². The largest absolute Gasteiger partial charge is 0.378 e. The van der Waals surface area contributed by atoms with Gasteiger partial charge in [-0.15, -0.1) is 12.4 Å². The first-order valence-electron chi connectivity index (χ1n) is 6.79. The van der Waals surface area contributed by atoms with Gasteiger partial charge < -0.3 is 15.8 Å². The van der Waals surface area contributed by atoms with E-state index in [0.29, 0.717) is 18.7 Å². The Labute approximate surface area is 130 Å². The molecule has 3 N–H and O–H groups in total. The van der Waals surface area contributed by atoms with Crippen LogP contribution in [0.5, 0.6) is 0 Å². The summed E-state index contributed by atoms with van der Waals surface area (Å²) in [6.07, 6.45) is 0.436. The summed E-state index contributed by atoms with van der Waals surface area (Å²) in [6, 6.07) is 5.78. The number of anilines is 1. The van der Waals surface area contributed by atoms with Gasteiger partial charge in [-0.25, -0.2) is 4.39 Å². The van der Waals surface area contributed by atoms with Crippen LogP contribution in [0.4, 0.5) is 10.1 Å². The molecule has 118 valence electrons. The van der Waals surface area contributed by atoms with Crippen LogP contribution in [-0.2, 0) is 9.53 Å². The van der Waals surface area contributed by atoms with Crippen LogP contribution < -0.4 is 11.1 Å². The first-order chi connectivity index (χ1) is 9.31. The molecule has 2 atom stereocenters. The molecule has 0 bridgehead atoms. The second-order valence-electron chi connectivity index (χ2n) is 5.81. The lowest BCUT2D eigenvalue weighted by Gasteiger charge is -2.57. The number of amides is 1. The molecule has 4 nitrogen and oxygen atoms in total. The summed E-state index contributed by atoms with van der Waals surface area (Å²) in [5.41, 5.74) is 5.20. The van der Waals surface area contributed by atoms with Gasteiger partial charge in [-0.05, 0) is 25.1 Å². The lowest BCUT2D eigenvalue weighted by Crippen LogP contribution is -2.74. The maximum Gasteiger partial charge on any atom is 0.245 e. The predicted molar refractivity (Wildman–Crippen MR) is 83.0 cm³/mol. The Kier molecular flexibility index (Phi) is 5.36. The van der Waals surface area contributed by atoms with Gasteiger partial charge in [-0.2, -0.15) is 0 Å². The van der Waals surface area contributed by atoms with Crippen molar-refractivity contribution in [3.63, 3.8) is 0 Å². The molecule has 0 aromatic heterocycles. The van der Waals surface area contributed by atoms with E-state index < -0.39 is 16.8 Å². The maximum atomic E-state index is 13.1. The van der Waals surface area contributed by atoms with Crippen LogP contribution in [0.15, 0.2) is 24.3 Å². The molecule has 0 heterocycles. The summed E-state index contributed by atoms with van der Waals surface area (Å²) >= 11 is 0. The van der Waals surface area contributed by atoms with Crippen LogP contribution in [0.25, 0.3) is 0 Å². The number of rotatable bonds is 4. The van der Waals surface area contributed by atoms with Crippen LogP contribution in [0.1, 0.15) is 27.2 Å². The van der Waals surface area contributed by atoms with Crippen molar-refractivity contribution in [2.24, 2.45) is 11.1 Å². The van der Waals surface area contributed by atoms with E-state index in [1.54, 1.807) is 12.1 Å². The van der Waals surface area contributed by atoms with E-state index in [4.69, 9.17) is 10.5 Å². The zero-order chi connectivity index (χ0) is 15.0. The molecule has 21 heavy (non-hydrogen) atoms. The predicted octanol–water partition coefficient (Wildman–Crippen LogP) is 2.72. The molecule has 0 aliphatic heterocycles. The standard InChI is InChI=1S/C15H21FN2O2.ClH/c1-4-20-12-9-15(17,14(12,2)3)13(19)18-11-7-5-6-10(16)8-11;/h5-8,12H,4,9,17H2,1-3H3,(H,18,19);1H. The second-order valence-corrected chi connectivity index (χ2v) is 5.81. The Morgan fingerprint density at radius 2 is 2.19 bits per heavy atom. The Morgan fingerprint density at radius 1 is 1.52 bits per heavy atom. The van der Waals surface area contributed by atoms with Crippen LogP contribution in [-0.4, -0.2) is 24.2 Å². The third kappa shape index (κ3) is 3.05. The molecule has 2 unspecified atom stereocenters. The van der Waals surface area contributed by atoms with Crippen molar-refractivity contribution < 1.29 is 13.9 Å². The van der Waals surface area contributed by atoms with Crippen LogP contribution in [0.2, 0.25) is 0 Å². The normalized spacial score (nSPS) is 26.4. The molecule has 0 saturated heterocycles. The number of ether oxygens (including phenoxy) is 1. The van der Waals surface area contributed by atoms with Crippen LogP contribution in [0.3, 0.4) is 0 Å². The highest BCUT2D eigenvalue weighted by Gasteiger charge is 2.62. The minimum atomic E-state index is -1.00. The summed E-state index contributed by atoms with van der Waals surface area (Å²) in [5.74, 6) is -0.696. The molecule has 0 radical (unpaired) electrons. The molecule has 1 aliphatic carbocycles. The summed E-state index contributed by atoms with van der Waals surface area (Å²) in [6.45, 7) is 6.35. The second kappa shape index (κ2) is 6.30. The molecular formula is C15H22ClFN2O2. The molecule has 2 rings (SSSR count). The summed E-state index contributed by atoms with van der Waals surface area (Å²) in [4.78, 5) is 12.4. The zero-order valence-corrected chi connectivity index (χ0v) is 13.3. The fourth-order valence-corrected chi connectivity index (χ4v) is 2.63. The number of benzene rings is 1. The third-order valence-electron chi connectivity index (χ3n) is 4.32. The third-order valence-corrected chi connectivity index (χ3v) is 4.32. The minimum Gasteiger partial charge on any atom is -0.378 e. The highest BCUT2D eigenvalue weighted by molar-refractivity contribution is 5.99. The molecule has 1 fully saturated rings.